The molecule has 0 heterocycles. The van der Waals surface area contributed by atoms with Crippen LogP contribution < -0.4 is 4.72 Å². The highest BCUT2D eigenvalue weighted by Crippen LogP contribution is 2.31. The maximum absolute atomic E-state index is 12.1. The second kappa shape index (κ2) is 10.8. The molecule has 0 atom stereocenters. The van der Waals surface area contributed by atoms with Crippen molar-refractivity contribution in [2.45, 2.75) is 39.5 Å². The Bertz CT molecular complexity index is 831. The van der Waals surface area contributed by atoms with Gasteiger partial charge in [0.1, 0.15) is 0 Å². The molecule has 0 aliphatic heterocycles. The third-order valence-corrected chi connectivity index (χ3v) is 7.07. The summed E-state index contributed by atoms with van der Waals surface area (Å²) >= 11 is -0.167. The lowest BCUT2D eigenvalue weighted by Crippen LogP contribution is -2.14. The Kier molecular flexibility index (Phi) is 8.09. The molecule has 0 saturated carbocycles. The Morgan fingerprint density at radius 2 is 1.31 bits per heavy atom. The molecule has 3 aromatic rings. The Labute approximate surface area is 177 Å². The van der Waals surface area contributed by atoms with E-state index in [-0.39, 0.29) is 22.8 Å². The van der Waals surface area contributed by atoms with Gasteiger partial charge in [0.2, 0.25) is 0 Å². The largest absolute Gasteiger partial charge is 0.456 e. The minimum Gasteiger partial charge on any atom is -0.257 e. The lowest BCUT2D eigenvalue weighted by molar-refractivity contribution is -0.0335. The molecule has 0 bridgehead atoms. The molecule has 6 heteroatoms. The monoisotopic (exact) mass is 434 g/mol. The Morgan fingerprint density at radius 3 is 1.90 bits per heavy atom. The zero-order valence-corrected chi connectivity index (χ0v) is 17.5. The van der Waals surface area contributed by atoms with E-state index in [4.69, 9.17) is 0 Å². The molecule has 0 saturated heterocycles. The second-order valence-electron chi connectivity index (χ2n) is 6.48. The van der Waals surface area contributed by atoms with Crippen LogP contribution in [0.1, 0.15) is 18.4 Å². The molecule has 3 aromatic carbocycles. The molecule has 1 N–H and O–H groups in total. The van der Waals surface area contributed by atoms with Crippen molar-refractivity contribution in [3.05, 3.63) is 90.5 Å². The quantitative estimate of drug-likeness (QED) is 0.224. The van der Waals surface area contributed by atoms with Gasteiger partial charge in [0.15, 0.2) is 14.7 Å². The highest BCUT2D eigenvalue weighted by atomic mass is 32.2. The van der Waals surface area contributed by atoms with E-state index in [1.54, 1.807) is 0 Å². The Balaban J connectivity index is 1.68. The number of alkyl halides is 3. The Hall–Kier alpha value is -1.89. The van der Waals surface area contributed by atoms with E-state index in [9.17, 15) is 13.2 Å². The lowest BCUT2D eigenvalue weighted by Gasteiger charge is -2.10. The van der Waals surface area contributed by atoms with Gasteiger partial charge in [-0.15, -0.1) is 0 Å². The van der Waals surface area contributed by atoms with Gasteiger partial charge in [-0.3, -0.25) is 4.72 Å². The number of hydrogen-bond donors (Lipinski definition) is 1. The van der Waals surface area contributed by atoms with E-state index in [2.05, 4.69) is 77.5 Å². The summed E-state index contributed by atoms with van der Waals surface area (Å²) in [6.07, 6.45) is 2.41. The molecule has 0 amide bonds. The van der Waals surface area contributed by atoms with Crippen LogP contribution in [0.25, 0.3) is 0 Å². The summed E-state index contributed by atoms with van der Waals surface area (Å²) in [7, 11) is -0.186. The van der Waals surface area contributed by atoms with Gasteiger partial charge >= 0.3 is 5.51 Å². The number of halogens is 3. The molecule has 0 aliphatic rings. The molecule has 0 aromatic heterocycles. The van der Waals surface area contributed by atoms with Gasteiger partial charge < -0.3 is 0 Å². The summed E-state index contributed by atoms with van der Waals surface area (Å²) in [4.78, 5) is 3.79. The third kappa shape index (κ3) is 7.14. The molecule has 3 rings (SSSR count). The third-order valence-electron chi connectivity index (χ3n) is 4.27. The van der Waals surface area contributed by atoms with Gasteiger partial charge in [0.25, 0.3) is 0 Å². The van der Waals surface area contributed by atoms with Crippen molar-refractivity contribution in [3.8, 4) is 0 Å². The van der Waals surface area contributed by atoms with Crippen LogP contribution in [-0.4, -0.2) is 12.1 Å². The summed E-state index contributed by atoms with van der Waals surface area (Å²) < 4.78 is 38.8. The molecule has 1 nitrogen and oxygen atoms in total. The summed E-state index contributed by atoms with van der Waals surface area (Å²) in [5.74, 6) is 0. The van der Waals surface area contributed by atoms with E-state index in [1.807, 2.05) is 12.1 Å². The number of hydrogen-bond acceptors (Lipinski definition) is 2. The van der Waals surface area contributed by atoms with Crippen LogP contribution in [0.15, 0.2) is 99.6 Å². The van der Waals surface area contributed by atoms with Crippen LogP contribution in [0.5, 0.6) is 0 Å². The lowest BCUT2D eigenvalue weighted by atomic mass is 10.1. The molecule has 0 unspecified atom stereocenters. The average Bonchev–Trinajstić information content (AvgIpc) is 2.72. The van der Waals surface area contributed by atoms with Crippen molar-refractivity contribution in [3.63, 3.8) is 0 Å². The zero-order valence-electron chi connectivity index (χ0n) is 15.9. The normalized spacial score (nSPS) is 11.7. The van der Waals surface area contributed by atoms with Crippen molar-refractivity contribution in [2.24, 2.45) is 0 Å². The molecular formula is C23H23F3NS2+. The highest BCUT2D eigenvalue weighted by molar-refractivity contribution is 7.98. The first kappa shape index (κ1) is 21.8. The van der Waals surface area contributed by atoms with Crippen LogP contribution >= 0.6 is 11.9 Å². The van der Waals surface area contributed by atoms with Crippen LogP contribution in [0.4, 0.5) is 13.2 Å². The summed E-state index contributed by atoms with van der Waals surface area (Å²) in [6, 6.07) is 29.5. The number of nitrogens with one attached hydrogen (secondary N) is 1. The molecule has 29 heavy (non-hydrogen) atoms. The summed E-state index contributed by atoms with van der Waals surface area (Å²) in [5, 5.41) is 0. The van der Waals surface area contributed by atoms with E-state index >= 15 is 0 Å². The van der Waals surface area contributed by atoms with Gasteiger partial charge in [-0.05, 0) is 61.2 Å². The van der Waals surface area contributed by atoms with Crippen molar-refractivity contribution in [1.82, 2.24) is 4.72 Å². The van der Waals surface area contributed by atoms with E-state index in [1.165, 1.54) is 20.2 Å². The Morgan fingerprint density at radius 1 is 0.724 bits per heavy atom. The summed E-state index contributed by atoms with van der Waals surface area (Å²) in [5.41, 5.74) is -3.01. The molecule has 0 aliphatic carbocycles. The van der Waals surface area contributed by atoms with E-state index in [0.717, 1.165) is 12.8 Å². The van der Waals surface area contributed by atoms with Gasteiger partial charge in [0.05, 0.1) is 10.9 Å². The number of unbranched alkanes of at least 4 members (excludes halogenated alkanes) is 1. The standard InChI is InChI=1S/C23H23F3NS2/c24-23(25,26)28-27-17-8-7-10-19-11-9-16-22(18-19)29(20-12-3-1-4-13-20)21-14-5-2-6-15-21/h1-6,9,11-16,18,27H,7-8,10,17H2/q+1. The molecular weight excluding hydrogens is 411 g/mol. The predicted octanol–water partition coefficient (Wildman–Crippen LogP) is 6.86. The van der Waals surface area contributed by atoms with Gasteiger partial charge in [-0.25, -0.2) is 0 Å². The van der Waals surface area contributed by atoms with Crippen LogP contribution in [0, 0.1) is 0 Å². The van der Waals surface area contributed by atoms with Gasteiger partial charge in [-0.2, -0.15) is 13.2 Å². The highest BCUT2D eigenvalue weighted by Gasteiger charge is 2.29. The van der Waals surface area contributed by atoms with Crippen LogP contribution in [0.3, 0.4) is 0 Å². The first-order valence-electron chi connectivity index (χ1n) is 9.44. The predicted molar refractivity (Wildman–Crippen MR) is 116 cm³/mol. The van der Waals surface area contributed by atoms with E-state index in [0.29, 0.717) is 13.0 Å². The summed E-state index contributed by atoms with van der Waals surface area (Å²) in [6.45, 7) is 0.349. The van der Waals surface area contributed by atoms with Crippen LogP contribution in [0.2, 0.25) is 0 Å². The van der Waals surface area contributed by atoms with Crippen molar-refractivity contribution >= 4 is 22.8 Å². The molecule has 0 spiro atoms. The SMILES string of the molecule is FC(F)(F)SNCCCCc1cccc([S+](c2ccccc2)c2ccccc2)c1. The smallest absolute Gasteiger partial charge is 0.257 e. The molecule has 0 radical (unpaired) electrons. The zero-order chi connectivity index (χ0) is 20.5. The fraction of sp³-hybridized carbons (Fsp3) is 0.217. The molecule has 0 fully saturated rings. The van der Waals surface area contributed by atoms with Gasteiger partial charge in [0, 0.05) is 18.5 Å². The van der Waals surface area contributed by atoms with E-state index < -0.39 is 5.51 Å². The number of rotatable bonds is 9. The van der Waals surface area contributed by atoms with Crippen molar-refractivity contribution in [1.29, 1.82) is 0 Å². The topological polar surface area (TPSA) is 12.0 Å². The minimum absolute atomic E-state index is 0.167. The molecule has 152 valence electrons. The second-order valence-corrected chi connectivity index (χ2v) is 9.46. The number of benzene rings is 3. The first-order valence-corrected chi connectivity index (χ1v) is 11.5. The van der Waals surface area contributed by atoms with Crippen LogP contribution in [-0.2, 0) is 17.3 Å². The average molecular weight is 435 g/mol. The number of aryl methyl sites for hydroxylation is 1. The maximum atomic E-state index is 12.1. The van der Waals surface area contributed by atoms with Gasteiger partial charge in [-0.1, -0.05) is 48.5 Å². The fourth-order valence-corrected chi connectivity index (χ4v) is 5.58. The van der Waals surface area contributed by atoms with Crippen molar-refractivity contribution in [2.75, 3.05) is 6.54 Å². The fourth-order valence-electron chi connectivity index (χ4n) is 3.01. The maximum Gasteiger partial charge on any atom is 0.456 e. The van der Waals surface area contributed by atoms with Crippen molar-refractivity contribution < 1.29 is 13.2 Å². The minimum atomic E-state index is -4.22. The first-order chi connectivity index (χ1) is 14.0.